The number of hydrogen-bond acceptors (Lipinski definition) is 3. The van der Waals surface area contributed by atoms with Gasteiger partial charge in [0.1, 0.15) is 6.07 Å². The molecule has 1 heterocycles. The number of nitriles is 1. The van der Waals surface area contributed by atoms with Gasteiger partial charge in [0, 0.05) is 29.3 Å². The molecule has 1 aromatic rings. The topological polar surface area (TPSA) is 53.0 Å². The molecule has 3 nitrogen and oxygen atoms in total. The summed E-state index contributed by atoms with van der Waals surface area (Å²) in [6.07, 6.45) is 2.30. The van der Waals surface area contributed by atoms with Crippen LogP contribution in [0, 0.1) is 17.2 Å². The van der Waals surface area contributed by atoms with Crippen LogP contribution in [0.4, 0.5) is 5.69 Å². The summed E-state index contributed by atoms with van der Waals surface area (Å²) < 4.78 is 0.872. The third kappa shape index (κ3) is 2.85. The third-order valence-corrected chi connectivity index (χ3v) is 4.38. The standard InChI is InChI=1S/C14H18BrN3/c1-10(17)11-4-6-18(7-5-11)13-3-2-12(9-16)14(15)8-13/h2-3,8,10-11H,4-7,17H2,1H3. The van der Waals surface area contributed by atoms with Crippen molar-refractivity contribution in [3.8, 4) is 6.07 Å². The molecule has 0 aromatic heterocycles. The van der Waals surface area contributed by atoms with Gasteiger partial charge in [-0.25, -0.2) is 0 Å². The summed E-state index contributed by atoms with van der Waals surface area (Å²) in [4.78, 5) is 2.37. The van der Waals surface area contributed by atoms with Crippen molar-refractivity contribution in [2.24, 2.45) is 11.7 Å². The average molecular weight is 308 g/mol. The Hall–Kier alpha value is -1.05. The lowest BCUT2D eigenvalue weighted by atomic mass is 9.91. The van der Waals surface area contributed by atoms with Crippen LogP contribution in [-0.4, -0.2) is 19.1 Å². The van der Waals surface area contributed by atoms with Crippen molar-refractivity contribution in [3.63, 3.8) is 0 Å². The summed E-state index contributed by atoms with van der Waals surface area (Å²) in [7, 11) is 0. The Kier molecular flexibility index (Phi) is 4.26. The van der Waals surface area contributed by atoms with Crippen LogP contribution in [0.3, 0.4) is 0 Å². The van der Waals surface area contributed by atoms with E-state index in [4.69, 9.17) is 11.0 Å². The summed E-state index contributed by atoms with van der Waals surface area (Å²) in [5, 5.41) is 8.91. The minimum Gasteiger partial charge on any atom is -0.371 e. The highest BCUT2D eigenvalue weighted by Gasteiger charge is 2.22. The summed E-state index contributed by atoms with van der Waals surface area (Å²) in [5.74, 6) is 0.642. The van der Waals surface area contributed by atoms with Crippen LogP contribution in [0.15, 0.2) is 22.7 Å². The van der Waals surface area contributed by atoms with E-state index in [0.29, 0.717) is 17.5 Å². The van der Waals surface area contributed by atoms with Gasteiger partial charge >= 0.3 is 0 Å². The first-order valence-corrected chi connectivity index (χ1v) is 7.11. The Morgan fingerprint density at radius 3 is 2.61 bits per heavy atom. The van der Waals surface area contributed by atoms with Crippen molar-refractivity contribution < 1.29 is 0 Å². The van der Waals surface area contributed by atoms with E-state index < -0.39 is 0 Å². The lowest BCUT2D eigenvalue weighted by Crippen LogP contribution is -2.39. The summed E-state index contributed by atoms with van der Waals surface area (Å²) >= 11 is 3.44. The molecule has 0 amide bonds. The zero-order valence-corrected chi connectivity index (χ0v) is 12.2. The highest BCUT2D eigenvalue weighted by molar-refractivity contribution is 9.10. The predicted octanol–water partition coefficient (Wildman–Crippen LogP) is 2.88. The largest absolute Gasteiger partial charge is 0.371 e. The van der Waals surface area contributed by atoms with Crippen LogP contribution < -0.4 is 10.6 Å². The zero-order valence-electron chi connectivity index (χ0n) is 10.6. The Morgan fingerprint density at radius 2 is 2.11 bits per heavy atom. The van der Waals surface area contributed by atoms with Gasteiger partial charge in [0.2, 0.25) is 0 Å². The number of rotatable bonds is 2. The highest BCUT2D eigenvalue weighted by Crippen LogP contribution is 2.28. The van der Waals surface area contributed by atoms with Crippen molar-refractivity contribution in [3.05, 3.63) is 28.2 Å². The molecule has 2 N–H and O–H groups in total. The van der Waals surface area contributed by atoms with E-state index in [2.05, 4.69) is 33.8 Å². The van der Waals surface area contributed by atoms with E-state index in [1.165, 1.54) is 5.69 Å². The highest BCUT2D eigenvalue weighted by atomic mass is 79.9. The minimum absolute atomic E-state index is 0.292. The molecule has 1 aromatic carbocycles. The Labute approximate surface area is 117 Å². The molecule has 1 fully saturated rings. The molecule has 0 bridgehead atoms. The van der Waals surface area contributed by atoms with Gasteiger partial charge in [-0.15, -0.1) is 0 Å². The molecular formula is C14H18BrN3. The second kappa shape index (κ2) is 5.73. The molecular weight excluding hydrogens is 290 g/mol. The van der Waals surface area contributed by atoms with Crippen LogP contribution in [0.2, 0.25) is 0 Å². The summed E-state index contributed by atoms with van der Waals surface area (Å²) in [6, 6.07) is 8.38. The second-order valence-corrected chi connectivity index (χ2v) is 5.81. The first-order valence-electron chi connectivity index (χ1n) is 6.32. The van der Waals surface area contributed by atoms with E-state index in [9.17, 15) is 0 Å². The van der Waals surface area contributed by atoms with Gasteiger partial charge in [0.05, 0.1) is 5.56 Å². The lowest BCUT2D eigenvalue weighted by molar-refractivity contribution is 0.354. The maximum Gasteiger partial charge on any atom is 0.100 e. The van der Waals surface area contributed by atoms with Crippen LogP contribution in [0.5, 0.6) is 0 Å². The van der Waals surface area contributed by atoms with E-state index in [1.54, 1.807) is 0 Å². The van der Waals surface area contributed by atoms with E-state index in [1.807, 2.05) is 18.2 Å². The summed E-state index contributed by atoms with van der Waals surface area (Å²) in [6.45, 7) is 4.19. The van der Waals surface area contributed by atoms with Crippen molar-refractivity contribution in [1.29, 1.82) is 5.26 Å². The molecule has 1 unspecified atom stereocenters. The quantitative estimate of drug-likeness (QED) is 0.914. The first-order chi connectivity index (χ1) is 8.61. The van der Waals surface area contributed by atoms with Gasteiger partial charge in [-0.05, 0) is 59.8 Å². The van der Waals surface area contributed by atoms with Crippen LogP contribution in [0.1, 0.15) is 25.3 Å². The Balaban J connectivity index is 2.06. The molecule has 1 saturated heterocycles. The van der Waals surface area contributed by atoms with Crippen LogP contribution >= 0.6 is 15.9 Å². The van der Waals surface area contributed by atoms with E-state index >= 15 is 0 Å². The molecule has 18 heavy (non-hydrogen) atoms. The first kappa shape index (κ1) is 13.4. The molecule has 1 atom stereocenters. The average Bonchev–Trinajstić information content (AvgIpc) is 2.38. The number of benzene rings is 1. The van der Waals surface area contributed by atoms with E-state index in [0.717, 1.165) is 30.4 Å². The minimum atomic E-state index is 0.292. The van der Waals surface area contributed by atoms with Gasteiger partial charge in [-0.3, -0.25) is 0 Å². The number of nitrogens with two attached hydrogens (primary N) is 1. The van der Waals surface area contributed by atoms with E-state index in [-0.39, 0.29) is 0 Å². The maximum absolute atomic E-state index is 8.91. The fourth-order valence-electron chi connectivity index (χ4n) is 2.47. The van der Waals surface area contributed by atoms with Crippen molar-refractivity contribution in [2.45, 2.75) is 25.8 Å². The monoisotopic (exact) mass is 307 g/mol. The SMILES string of the molecule is CC(N)C1CCN(c2ccc(C#N)c(Br)c2)CC1. The molecule has 0 radical (unpaired) electrons. The predicted molar refractivity (Wildman–Crippen MR) is 77.4 cm³/mol. The Morgan fingerprint density at radius 1 is 1.44 bits per heavy atom. The zero-order chi connectivity index (χ0) is 13.1. The van der Waals surface area contributed by atoms with Crippen LogP contribution in [-0.2, 0) is 0 Å². The number of anilines is 1. The Bertz CT molecular complexity index is 457. The molecule has 0 spiro atoms. The fourth-order valence-corrected chi connectivity index (χ4v) is 2.93. The van der Waals surface area contributed by atoms with Gasteiger partial charge < -0.3 is 10.6 Å². The van der Waals surface area contributed by atoms with Gasteiger partial charge in [-0.1, -0.05) is 0 Å². The van der Waals surface area contributed by atoms with Gasteiger partial charge in [0.15, 0.2) is 0 Å². The second-order valence-electron chi connectivity index (χ2n) is 4.96. The molecule has 1 aliphatic heterocycles. The van der Waals surface area contributed by atoms with Crippen molar-refractivity contribution >= 4 is 21.6 Å². The number of nitrogens with zero attached hydrogens (tertiary/aromatic N) is 2. The smallest absolute Gasteiger partial charge is 0.100 e. The van der Waals surface area contributed by atoms with Crippen molar-refractivity contribution in [2.75, 3.05) is 18.0 Å². The summed E-state index contributed by atoms with van der Waals surface area (Å²) in [5.41, 5.74) is 7.82. The number of halogens is 1. The van der Waals surface area contributed by atoms with Crippen LogP contribution in [0.25, 0.3) is 0 Å². The van der Waals surface area contributed by atoms with Crippen molar-refractivity contribution in [1.82, 2.24) is 0 Å². The molecule has 2 rings (SSSR count). The fraction of sp³-hybridized carbons (Fsp3) is 0.500. The molecule has 96 valence electrons. The molecule has 4 heteroatoms. The van der Waals surface area contributed by atoms with Gasteiger partial charge in [-0.2, -0.15) is 5.26 Å². The number of piperidine rings is 1. The maximum atomic E-state index is 8.91. The molecule has 0 saturated carbocycles. The lowest BCUT2D eigenvalue weighted by Gasteiger charge is -2.35. The third-order valence-electron chi connectivity index (χ3n) is 3.72. The number of hydrogen-bond donors (Lipinski definition) is 1. The molecule has 0 aliphatic carbocycles. The normalized spacial score (nSPS) is 18.4. The van der Waals surface area contributed by atoms with Gasteiger partial charge in [0.25, 0.3) is 0 Å². The molecule has 1 aliphatic rings.